The minimum atomic E-state index is -3.44. The SMILES string of the molecule is CS(=O)(=O)N(CCN1CCCCC1)c1ccc(NC(=C2C(=O)Nc3cc(Cl)ccc32)c2ccccc2)cc1. The Bertz CT molecular complexity index is 1450. The smallest absolute Gasteiger partial charge is 0.258 e. The fraction of sp³-hybridized carbons (Fsp3) is 0.276. The first kappa shape index (κ1) is 26.3. The number of hydrogen-bond acceptors (Lipinski definition) is 5. The summed E-state index contributed by atoms with van der Waals surface area (Å²) in [6.07, 6.45) is 4.81. The number of carbonyl (C=O) groups excluding carboxylic acids is 1. The number of amides is 1. The lowest BCUT2D eigenvalue weighted by Gasteiger charge is -2.30. The van der Waals surface area contributed by atoms with Crippen molar-refractivity contribution in [2.45, 2.75) is 19.3 Å². The van der Waals surface area contributed by atoms with E-state index < -0.39 is 10.0 Å². The lowest BCUT2D eigenvalue weighted by molar-refractivity contribution is -0.110. The Morgan fingerprint density at radius 2 is 1.71 bits per heavy atom. The van der Waals surface area contributed by atoms with Gasteiger partial charge >= 0.3 is 0 Å². The molecule has 1 saturated heterocycles. The number of benzene rings is 3. The zero-order valence-electron chi connectivity index (χ0n) is 21.3. The van der Waals surface area contributed by atoms with Gasteiger partial charge in [-0.15, -0.1) is 0 Å². The minimum absolute atomic E-state index is 0.216. The first-order valence-electron chi connectivity index (χ1n) is 12.8. The molecular formula is C29H31ClN4O3S. The summed E-state index contributed by atoms with van der Waals surface area (Å²) in [5.74, 6) is -0.216. The molecule has 38 heavy (non-hydrogen) atoms. The number of rotatable bonds is 8. The fourth-order valence-electron chi connectivity index (χ4n) is 5.03. The largest absolute Gasteiger partial charge is 0.354 e. The summed E-state index contributed by atoms with van der Waals surface area (Å²) in [6, 6.07) is 22.3. The van der Waals surface area contributed by atoms with Gasteiger partial charge in [-0.25, -0.2) is 8.42 Å². The summed E-state index contributed by atoms with van der Waals surface area (Å²) in [5, 5.41) is 6.88. The molecule has 0 aromatic heterocycles. The first-order valence-corrected chi connectivity index (χ1v) is 15.0. The van der Waals surface area contributed by atoms with Gasteiger partial charge in [-0.3, -0.25) is 9.10 Å². The van der Waals surface area contributed by atoms with E-state index in [0.29, 0.717) is 40.8 Å². The quantitative estimate of drug-likeness (QED) is 0.361. The van der Waals surface area contributed by atoms with E-state index in [4.69, 9.17) is 11.6 Å². The van der Waals surface area contributed by atoms with Gasteiger partial charge < -0.3 is 15.5 Å². The Labute approximate surface area is 229 Å². The highest BCUT2D eigenvalue weighted by Gasteiger charge is 2.28. The molecule has 0 aliphatic carbocycles. The highest BCUT2D eigenvalue weighted by molar-refractivity contribution is 7.92. The van der Waals surface area contributed by atoms with Crippen LogP contribution in [0.15, 0.2) is 72.8 Å². The molecule has 198 valence electrons. The van der Waals surface area contributed by atoms with E-state index >= 15 is 0 Å². The van der Waals surface area contributed by atoms with Crippen LogP contribution in [0, 0.1) is 0 Å². The standard InChI is InChI=1S/C29H31ClN4O3S/c1-38(36,37)34(19-18-33-16-6-3-7-17-33)24-13-11-23(12-14-24)31-28(21-8-4-2-5-9-21)27-25-15-10-22(30)20-26(25)32-29(27)35/h2,4-5,8-15,20,31H,3,6-7,16-19H2,1H3,(H,32,35). The molecule has 0 unspecified atom stereocenters. The van der Waals surface area contributed by atoms with Crippen LogP contribution in [0.3, 0.4) is 0 Å². The Balaban J connectivity index is 1.44. The van der Waals surface area contributed by atoms with Crippen molar-refractivity contribution in [1.29, 1.82) is 0 Å². The van der Waals surface area contributed by atoms with Crippen molar-refractivity contribution in [2.24, 2.45) is 0 Å². The van der Waals surface area contributed by atoms with Crippen molar-refractivity contribution >= 4 is 55.9 Å². The molecule has 0 saturated carbocycles. The molecule has 0 spiro atoms. The van der Waals surface area contributed by atoms with Crippen molar-refractivity contribution in [3.8, 4) is 0 Å². The number of anilines is 3. The van der Waals surface area contributed by atoms with Crippen LogP contribution in [-0.2, 0) is 14.8 Å². The van der Waals surface area contributed by atoms with Gasteiger partial charge in [0.2, 0.25) is 10.0 Å². The van der Waals surface area contributed by atoms with Crippen LogP contribution in [0.1, 0.15) is 30.4 Å². The Hall–Kier alpha value is -3.33. The van der Waals surface area contributed by atoms with Crippen molar-refractivity contribution in [3.05, 3.63) is 88.9 Å². The van der Waals surface area contributed by atoms with Crippen molar-refractivity contribution < 1.29 is 13.2 Å². The van der Waals surface area contributed by atoms with Crippen LogP contribution >= 0.6 is 11.6 Å². The Morgan fingerprint density at radius 1 is 1.00 bits per heavy atom. The molecule has 3 aromatic rings. The van der Waals surface area contributed by atoms with Gasteiger partial charge in [-0.2, -0.15) is 0 Å². The van der Waals surface area contributed by atoms with Crippen LogP contribution in [0.4, 0.5) is 17.1 Å². The predicted octanol–water partition coefficient (Wildman–Crippen LogP) is 5.52. The fourth-order valence-corrected chi connectivity index (χ4v) is 6.12. The zero-order valence-corrected chi connectivity index (χ0v) is 22.9. The van der Waals surface area contributed by atoms with Gasteiger partial charge in [-0.05, 0) is 67.9 Å². The summed E-state index contributed by atoms with van der Waals surface area (Å²) in [5.41, 5.74) is 4.81. The average molecular weight is 551 g/mol. The number of hydrogen-bond donors (Lipinski definition) is 2. The maximum absolute atomic E-state index is 13.1. The van der Waals surface area contributed by atoms with Crippen LogP contribution in [0.5, 0.6) is 0 Å². The number of sulfonamides is 1. The monoisotopic (exact) mass is 550 g/mol. The number of carbonyl (C=O) groups is 1. The highest BCUT2D eigenvalue weighted by Crippen LogP contribution is 2.39. The number of fused-ring (bicyclic) bond motifs is 1. The molecule has 2 heterocycles. The average Bonchev–Trinajstić information content (AvgIpc) is 3.23. The Kier molecular flexibility index (Phi) is 7.74. The maximum atomic E-state index is 13.1. The van der Waals surface area contributed by atoms with E-state index in [1.165, 1.54) is 17.0 Å². The predicted molar refractivity (Wildman–Crippen MR) is 156 cm³/mol. The molecule has 1 fully saturated rings. The number of piperidine rings is 1. The Morgan fingerprint density at radius 3 is 2.39 bits per heavy atom. The van der Waals surface area contributed by atoms with Crippen molar-refractivity contribution in [1.82, 2.24) is 4.90 Å². The molecule has 2 N–H and O–H groups in total. The minimum Gasteiger partial charge on any atom is -0.354 e. The summed E-state index contributed by atoms with van der Waals surface area (Å²) < 4.78 is 26.7. The third-order valence-electron chi connectivity index (χ3n) is 6.93. The van der Waals surface area contributed by atoms with Gasteiger partial charge in [0.1, 0.15) is 0 Å². The van der Waals surface area contributed by atoms with Crippen molar-refractivity contribution in [2.75, 3.05) is 47.4 Å². The van der Waals surface area contributed by atoms with E-state index in [0.717, 1.165) is 42.7 Å². The number of nitrogens with zero attached hydrogens (tertiary/aromatic N) is 2. The summed E-state index contributed by atoms with van der Waals surface area (Å²) in [4.78, 5) is 15.4. The van der Waals surface area contributed by atoms with E-state index in [2.05, 4.69) is 15.5 Å². The van der Waals surface area contributed by atoms with Gasteiger partial charge in [0.15, 0.2) is 0 Å². The molecule has 0 radical (unpaired) electrons. The third kappa shape index (κ3) is 5.88. The van der Waals surface area contributed by atoms with E-state index in [1.807, 2.05) is 48.5 Å². The number of nitrogens with one attached hydrogen (secondary N) is 2. The molecule has 2 aliphatic heterocycles. The van der Waals surface area contributed by atoms with Crippen LogP contribution in [0.2, 0.25) is 5.02 Å². The molecule has 1 amide bonds. The maximum Gasteiger partial charge on any atom is 0.258 e. The van der Waals surface area contributed by atoms with Gasteiger partial charge in [0, 0.05) is 29.4 Å². The van der Waals surface area contributed by atoms with E-state index in [9.17, 15) is 13.2 Å². The molecule has 7 nitrogen and oxygen atoms in total. The normalized spacial score (nSPS) is 17.1. The number of halogens is 1. The molecular weight excluding hydrogens is 520 g/mol. The second-order valence-electron chi connectivity index (χ2n) is 9.67. The second-order valence-corrected chi connectivity index (χ2v) is 12.0. The first-order chi connectivity index (χ1) is 18.3. The van der Waals surface area contributed by atoms with Gasteiger partial charge in [0.05, 0.1) is 28.9 Å². The van der Waals surface area contributed by atoms with Gasteiger partial charge in [-0.1, -0.05) is 54.4 Å². The van der Waals surface area contributed by atoms with E-state index in [1.54, 1.807) is 24.3 Å². The molecule has 2 aliphatic rings. The van der Waals surface area contributed by atoms with Gasteiger partial charge in [0.25, 0.3) is 5.91 Å². The van der Waals surface area contributed by atoms with E-state index in [-0.39, 0.29) is 5.91 Å². The molecule has 5 rings (SSSR count). The third-order valence-corrected chi connectivity index (χ3v) is 8.36. The van der Waals surface area contributed by atoms with Crippen LogP contribution in [-0.4, -0.2) is 51.7 Å². The molecule has 0 atom stereocenters. The summed E-state index contributed by atoms with van der Waals surface area (Å²) >= 11 is 6.15. The summed E-state index contributed by atoms with van der Waals surface area (Å²) in [7, 11) is -3.44. The zero-order chi connectivity index (χ0) is 26.7. The topological polar surface area (TPSA) is 81.8 Å². The molecule has 9 heteroatoms. The van der Waals surface area contributed by atoms with Crippen LogP contribution in [0.25, 0.3) is 11.3 Å². The lowest BCUT2D eigenvalue weighted by atomic mass is 10.00. The highest BCUT2D eigenvalue weighted by atomic mass is 35.5. The molecule has 3 aromatic carbocycles. The summed E-state index contributed by atoms with van der Waals surface area (Å²) in [6.45, 7) is 3.14. The molecule has 0 bridgehead atoms. The van der Waals surface area contributed by atoms with Crippen molar-refractivity contribution in [3.63, 3.8) is 0 Å². The second kappa shape index (κ2) is 11.2. The van der Waals surface area contributed by atoms with Crippen LogP contribution < -0.4 is 14.9 Å². The number of likely N-dealkylation sites (tertiary alicyclic amines) is 1. The lowest BCUT2D eigenvalue weighted by Crippen LogP contribution is -2.40.